The van der Waals surface area contributed by atoms with Gasteiger partial charge in [0.25, 0.3) is 0 Å². The number of nitrogens with zero attached hydrogens (tertiary/aromatic N) is 5. The Labute approximate surface area is 301 Å². The quantitative estimate of drug-likeness (QED) is 0.188. The molecule has 0 bridgehead atoms. The average Bonchev–Trinajstić information content (AvgIpc) is 3.54. The van der Waals surface area contributed by atoms with E-state index < -0.39 is 0 Å². The van der Waals surface area contributed by atoms with Gasteiger partial charge in [-0.1, -0.05) is 135 Å². The second kappa shape index (κ2) is 10.7. The monoisotopic (exact) mass is 667 g/mol. The van der Waals surface area contributed by atoms with Crippen LogP contribution in [-0.2, 0) is 11.8 Å². The molecule has 0 fully saturated rings. The third-order valence-electron chi connectivity index (χ3n) is 11.2. The summed E-state index contributed by atoms with van der Waals surface area (Å²) >= 11 is 0. The van der Waals surface area contributed by atoms with Crippen LogP contribution in [0, 0.1) is 0 Å². The van der Waals surface area contributed by atoms with Crippen molar-refractivity contribution in [1.29, 1.82) is 0 Å². The second-order valence-electron chi connectivity index (χ2n) is 14.5. The van der Waals surface area contributed by atoms with Crippen LogP contribution in [0.1, 0.15) is 36.1 Å². The first-order valence-corrected chi connectivity index (χ1v) is 17.9. The minimum atomic E-state index is -0.252. The van der Waals surface area contributed by atoms with Gasteiger partial charge in [0, 0.05) is 45.0 Å². The van der Waals surface area contributed by atoms with Gasteiger partial charge in [0.15, 0.2) is 11.6 Å². The van der Waals surface area contributed by atoms with Crippen molar-refractivity contribution in [2.45, 2.75) is 25.7 Å². The lowest BCUT2D eigenvalue weighted by Crippen LogP contribution is -2.33. The Morgan fingerprint density at radius 3 is 1.88 bits per heavy atom. The van der Waals surface area contributed by atoms with E-state index >= 15 is 0 Å². The predicted molar refractivity (Wildman–Crippen MR) is 212 cm³/mol. The molecule has 0 radical (unpaired) electrons. The van der Waals surface area contributed by atoms with Gasteiger partial charge in [-0.3, -0.25) is 4.57 Å². The van der Waals surface area contributed by atoms with E-state index in [9.17, 15) is 0 Å². The van der Waals surface area contributed by atoms with Crippen molar-refractivity contribution >= 4 is 49.6 Å². The molecule has 246 valence electrons. The van der Waals surface area contributed by atoms with Gasteiger partial charge >= 0.3 is 0 Å². The van der Waals surface area contributed by atoms with Crippen molar-refractivity contribution < 1.29 is 0 Å². The number of benzene rings is 7. The smallest absolute Gasteiger partial charge is 0.238 e. The van der Waals surface area contributed by atoms with Crippen molar-refractivity contribution in [3.63, 3.8) is 0 Å². The molecule has 0 unspecified atom stereocenters. The Hall–Kier alpha value is -6.59. The standard InChI is InChI=1S/C47H33N5/c1-47(2)37-26-31-19-9-10-20-32(31)27-41(37)51-39-23-13-11-21-33(39)25-36-42-35(28-38(47)43(36)51)34-22-12-14-24-40(34)52(42)46-49-44(29-15-5-3-6-16-29)48-45(50-46)30-17-7-4-8-18-30/h3-24,26-28H,25H2,1-2H3. The number of fused-ring (bicyclic) bond motifs is 9. The molecular formula is C47H33N5. The van der Waals surface area contributed by atoms with Crippen molar-refractivity contribution in [2.75, 3.05) is 4.90 Å². The Balaban J connectivity index is 1.28. The predicted octanol–water partition coefficient (Wildman–Crippen LogP) is 11.5. The van der Waals surface area contributed by atoms with Gasteiger partial charge in [-0.05, 0) is 57.8 Å². The van der Waals surface area contributed by atoms with Crippen LogP contribution >= 0.6 is 0 Å². The Bertz CT molecular complexity index is 2850. The van der Waals surface area contributed by atoms with E-state index in [1.54, 1.807) is 0 Å². The molecule has 5 heteroatoms. The van der Waals surface area contributed by atoms with Gasteiger partial charge in [0.1, 0.15) is 0 Å². The topological polar surface area (TPSA) is 46.8 Å². The summed E-state index contributed by atoms with van der Waals surface area (Å²) in [5.74, 6) is 1.91. The molecule has 2 aromatic heterocycles. The highest BCUT2D eigenvalue weighted by Gasteiger charge is 2.42. The van der Waals surface area contributed by atoms with Gasteiger partial charge in [0.05, 0.1) is 22.4 Å². The third-order valence-corrected chi connectivity index (χ3v) is 11.2. The molecule has 9 aromatic rings. The molecule has 11 rings (SSSR count). The minimum absolute atomic E-state index is 0.252. The van der Waals surface area contributed by atoms with E-state index in [1.807, 2.05) is 36.4 Å². The van der Waals surface area contributed by atoms with Crippen molar-refractivity contribution in [1.82, 2.24) is 19.5 Å². The third kappa shape index (κ3) is 4.08. The first-order valence-electron chi connectivity index (χ1n) is 17.9. The van der Waals surface area contributed by atoms with Gasteiger partial charge < -0.3 is 4.90 Å². The van der Waals surface area contributed by atoms with Crippen LogP contribution in [0.3, 0.4) is 0 Å². The van der Waals surface area contributed by atoms with E-state index in [2.05, 4.69) is 139 Å². The fraction of sp³-hybridized carbons (Fsp3) is 0.0851. The maximum absolute atomic E-state index is 5.27. The normalized spacial score (nSPS) is 14.0. The number of para-hydroxylation sites is 2. The van der Waals surface area contributed by atoms with Gasteiger partial charge in [-0.2, -0.15) is 9.97 Å². The molecule has 2 aliphatic rings. The fourth-order valence-corrected chi connectivity index (χ4v) is 8.70. The number of anilines is 3. The molecule has 52 heavy (non-hydrogen) atoms. The van der Waals surface area contributed by atoms with E-state index in [0.29, 0.717) is 17.6 Å². The number of hydrogen-bond donors (Lipinski definition) is 0. The molecule has 0 N–H and O–H groups in total. The van der Waals surface area contributed by atoms with E-state index in [4.69, 9.17) is 15.0 Å². The van der Waals surface area contributed by atoms with Crippen LogP contribution in [-0.4, -0.2) is 19.5 Å². The van der Waals surface area contributed by atoms with Crippen molar-refractivity contribution in [3.05, 3.63) is 174 Å². The molecule has 0 aliphatic carbocycles. The van der Waals surface area contributed by atoms with Gasteiger partial charge in [-0.15, -0.1) is 0 Å². The van der Waals surface area contributed by atoms with E-state index in [1.165, 1.54) is 60.9 Å². The molecule has 0 saturated heterocycles. The summed E-state index contributed by atoms with van der Waals surface area (Å²) in [6.07, 6.45) is 0.795. The molecule has 0 atom stereocenters. The zero-order chi connectivity index (χ0) is 34.6. The van der Waals surface area contributed by atoms with Crippen LogP contribution in [0.4, 0.5) is 17.1 Å². The molecule has 0 amide bonds. The molecule has 2 aliphatic heterocycles. The lowest BCUT2D eigenvalue weighted by Gasteiger charge is -2.46. The van der Waals surface area contributed by atoms with Crippen molar-refractivity contribution in [3.8, 4) is 28.7 Å². The largest absolute Gasteiger partial charge is 0.309 e. The molecule has 5 nitrogen and oxygen atoms in total. The first kappa shape index (κ1) is 29.2. The second-order valence-corrected chi connectivity index (χ2v) is 14.5. The zero-order valence-corrected chi connectivity index (χ0v) is 28.9. The Morgan fingerprint density at radius 2 is 1.15 bits per heavy atom. The minimum Gasteiger partial charge on any atom is -0.309 e. The Morgan fingerprint density at radius 1 is 0.538 bits per heavy atom. The van der Waals surface area contributed by atoms with E-state index in [0.717, 1.165) is 28.6 Å². The maximum Gasteiger partial charge on any atom is 0.238 e. The summed E-state index contributed by atoms with van der Waals surface area (Å²) in [5.41, 5.74) is 12.9. The fourth-order valence-electron chi connectivity index (χ4n) is 8.70. The summed E-state index contributed by atoms with van der Waals surface area (Å²) in [7, 11) is 0. The molecule has 7 aromatic carbocycles. The van der Waals surface area contributed by atoms with Crippen LogP contribution in [0.2, 0.25) is 0 Å². The van der Waals surface area contributed by atoms with Crippen LogP contribution in [0.25, 0.3) is 61.3 Å². The number of rotatable bonds is 3. The lowest BCUT2D eigenvalue weighted by molar-refractivity contribution is 0.631. The summed E-state index contributed by atoms with van der Waals surface area (Å²) in [5, 5.41) is 4.90. The first-order chi connectivity index (χ1) is 25.5. The van der Waals surface area contributed by atoms with Crippen LogP contribution < -0.4 is 4.90 Å². The average molecular weight is 668 g/mol. The molecule has 0 saturated carbocycles. The highest BCUT2D eigenvalue weighted by molar-refractivity contribution is 6.14. The molecule has 0 spiro atoms. The molecular weight excluding hydrogens is 635 g/mol. The summed E-state index contributed by atoms with van der Waals surface area (Å²) in [4.78, 5) is 18.1. The van der Waals surface area contributed by atoms with Gasteiger partial charge in [-0.25, -0.2) is 4.98 Å². The number of hydrogen-bond acceptors (Lipinski definition) is 4. The van der Waals surface area contributed by atoms with Gasteiger partial charge in [0.2, 0.25) is 5.95 Å². The summed E-state index contributed by atoms with van der Waals surface area (Å²) in [6, 6.07) is 54.1. The Kier molecular flexibility index (Phi) is 6.01. The van der Waals surface area contributed by atoms with E-state index in [-0.39, 0.29) is 5.41 Å². The SMILES string of the molecule is CC1(C)c2cc3ccccc3cc2N2c3ccccc3Cc3c2c1cc1c2ccccc2n(-c2nc(-c4ccccc4)nc(-c4ccccc4)n2)c31. The highest BCUT2D eigenvalue weighted by atomic mass is 15.2. The summed E-state index contributed by atoms with van der Waals surface area (Å²) in [6.45, 7) is 4.78. The number of aromatic nitrogens is 4. The van der Waals surface area contributed by atoms with Crippen LogP contribution in [0.15, 0.2) is 152 Å². The van der Waals surface area contributed by atoms with Crippen molar-refractivity contribution in [2.24, 2.45) is 0 Å². The van der Waals surface area contributed by atoms with Crippen LogP contribution in [0.5, 0.6) is 0 Å². The zero-order valence-electron chi connectivity index (χ0n) is 28.9. The molecule has 4 heterocycles. The highest BCUT2D eigenvalue weighted by Crippen LogP contribution is 2.58. The summed E-state index contributed by atoms with van der Waals surface area (Å²) < 4.78 is 2.30. The maximum atomic E-state index is 5.27. The lowest BCUT2D eigenvalue weighted by atomic mass is 9.70.